The highest BCUT2D eigenvalue weighted by Gasteiger charge is 2.19. The molecule has 0 fully saturated rings. The van der Waals surface area contributed by atoms with Gasteiger partial charge in [0.25, 0.3) is 11.5 Å². The minimum Gasteiger partial charge on any atom is -0.465 e. The van der Waals surface area contributed by atoms with E-state index in [1.165, 1.54) is 12.1 Å². The van der Waals surface area contributed by atoms with Crippen molar-refractivity contribution in [1.82, 2.24) is 9.97 Å². The van der Waals surface area contributed by atoms with Crippen LogP contribution in [0.15, 0.2) is 34.2 Å². The quantitative estimate of drug-likeness (QED) is 0.396. The Labute approximate surface area is 152 Å². The lowest BCUT2D eigenvalue weighted by Gasteiger charge is -2.11. The number of nitrogens with two attached hydrogens (primary N) is 1. The zero-order valence-corrected chi connectivity index (χ0v) is 14.9. The number of H-pyrrole nitrogens is 1. The third-order valence-electron chi connectivity index (χ3n) is 3.18. The van der Waals surface area contributed by atoms with Gasteiger partial charge >= 0.3 is 5.97 Å². The SMILES string of the molecule is CCOC(=O)[C@H](C)Sc1nc(N)c(NC(=O)c2ccc(F)cc2)c(=O)[nH]1. The maximum atomic E-state index is 12.9. The predicted octanol–water partition coefficient (Wildman–Crippen LogP) is 1.79. The number of esters is 1. The summed E-state index contributed by atoms with van der Waals surface area (Å²) < 4.78 is 17.8. The molecule has 0 aliphatic heterocycles. The minimum absolute atomic E-state index is 0.118. The highest BCUT2D eigenvalue weighted by Crippen LogP contribution is 2.22. The molecule has 1 amide bonds. The Morgan fingerprint density at radius 3 is 2.62 bits per heavy atom. The van der Waals surface area contributed by atoms with E-state index in [0.717, 1.165) is 23.9 Å². The number of halogens is 1. The highest BCUT2D eigenvalue weighted by atomic mass is 32.2. The normalized spacial score (nSPS) is 11.7. The Bertz CT molecular complexity index is 870. The van der Waals surface area contributed by atoms with Crippen LogP contribution in [-0.2, 0) is 9.53 Å². The molecule has 10 heteroatoms. The number of aromatic amines is 1. The van der Waals surface area contributed by atoms with Crippen LogP contribution in [0.3, 0.4) is 0 Å². The van der Waals surface area contributed by atoms with Gasteiger partial charge in [0, 0.05) is 5.56 Å². The zero-order valence-electron chi connectivity index (χ0n) is 14.0. The van der Waals surface area contributed by atoms with Gasteiger partial charge in [-0.25, -0.2) is 9.37 Å². The summed E-state index contributed by atoms with van der Waals surface area (Å²) in [4.78, 5) is 42.4. The number of carbonyl (C=O) groups excluding carboxylic acids is 2. The lowest BCUT2D eigenvalue weighted by molar-refractivity contribution is -0.142. The highest BCUT2D eigenvalue weighted by molar-refractivity contribution is 8.00. The zero-order chi connectivity index (χ0) is 19.3. The van der Waals surface area contributed by atoms with Crippen molar-refractivity contribution in [3.8, 4) is 0 Å². The summed E-state index contributed by atoms with van der Waals surface area (Å²) in [6, 6.07) is 4.79. The molecule has 0 radical (unpaired) electrons. The van der Waals surface area contributed by atoms with Crippen molar-refractivity contribution in [1.29, 1.82) is 0 Å². The molecule has 1 aromatic heterocycles. The van der Waals surface area contributed by atoms with Crippen molar-refractivity contribution >= 4 is 35.1 Å². The summed E-state index contributed by atoms with van der Waals surface area (Å²) >= 11 is 0.970. The number of anilines is 2. The molecule has 0 saturated heterocycles. The molecule has 1 heterocycles. The topological polar surface area (TPSA) is 127 Å². The standard InChI is InChI=1S/C16H17FN4O4S/c1-3-25-15(24)8(2)26-16-20-12(18)11(14(23)21-16)19-13(22)9-4-6-10(17)7-5-9/h4-8H,3H2,1-2H3,(H,19,22)(H3,18,20,21,23)/t8-/m0/s1. The van der Waals surface area contributed by atoms with E-state index in [4.69, 9.17) is 10.5 Å². The first-order chi connectivity index (χ1) is 12.3. The minimum atomic E-state index is -0.675. The van der Waals surface area contributed by atoms with Crippen LogP contribution in [0.4, 0.5) is 15.9 Å². The van der Waals surface area contributed by atoms with E-state index in [0.29, 0.717) is 0 Å². The van der Waals surface area contributed by atoms with Crippen LogP contribution >= 0.6 is 11.8 Å². The van der Waals surface area contributed by atoms with E-state index in [2.05, 4.69) is 15.3 Å². The average molecular weight is 380 g/mol. The Kier molecular flexibility index (Phi) is 6.34. The third-order valence-corrected chi connectivity index (χ3v) is 4.14. The van der Waals surface area contributed by atoms with Crippen molar-refractivity contribution in [2.24, 2.45) is 0 Å². The fraction of sp³-hybridized carbons (Fsp3) is 0.250. The third kappa shape index (κ3) is 4.82. The number of nitrogen functional groups attached to an aromatic ring is 1. The summed E-state index contributed by atoms with van der Waals surface area (Å²) in [6.07, 6.45) is 0. The van der Waals surface area contributed by atoms with Gasteiger partial charge in [-0.05, 0) is 38.1 Å². The molecule has 0 aliphatic rings. The maximum Gasteiger partial charge on any atom is 0.319 e. The number of aromatic nitrogens is 2. The van der Waals surface area contributed by atoms with Gasteiger partial charge in [-0.2, -0.15) is 0 Å². The Morgan fingerprint density at radius 1 is 1.38 bits per heavy atom. The van der Waals surface area contributed by atoms with Gasteiger partial charge < -0.3 is 15.8 Å². The molecular weight excluding hydrogens is 363 g/mol. The number of amides is 1. The van der Waals surface area contributed by atoms with Crippen LogP contribution in [0, 0.1) is 5.82 Å². The number of rotatable bonds is 6. The molecule has 138 valence electrons. The number of nitrogens with zero attached hydrogens (tertiary/aromatic N) is 1. The smallest absolute Gasteiger partial charge is 0.319 e. The first-order valence-electron chi connectivity index (χ1n) is 7.61. The second-order valence-electron chi connectivity index (χ2n) is 5.10. The molecule has 0 spiro atoms. The van der Waals surface area contributed by atoms with Crippen LogP contribution < -0.4 is 16.6 Å². The molecule has 26 heavy (non-hydrogen) atoms. The summed E-state index contributed by atoms with van der Waals surface area (Å²) in [6.45, 7) is 3.53. The van der Waals surface area contributed by atoms with Gasteiger partial charge in [-0.15, -0.1) is 0 Å². The van der Waals surface area contributed by atoms with Crippen molar-refractivity contribution in [3.05, 3.63) is 46.0 Å². The van der Waals surface area contributed by atoms with Gasteiger partial charge in [0.1, 0.15) is 16.8 Å². The lowest BCUT2D eigenvalue weighted by Crippen LogP contribution is -2.24. The maximum absolute atomic E-state index is 12.9. The molecule has 4 N–H and O–H groups in total. The number of hydrogen-bond acceptors (Lipinski definition) is 7. The first kappa shape index (κ1) is 19.4. The fourth-order valence-corrected chi connectivity index (χ4v) is 2.71. The second kappa shape index (κ2) is 8.48. The second-order valence-corrected chi connectivity index (χ2v) is 6.43. The number of carbonyl (C=O) groups is 2. The molecular formula is C16H17FN4O4S. The number of benzene rings is 1. The van der Waals surface area contributed by atoms with Gasteiger partial charge in [0.05, 0.1) is 6.61 Å². The summed E-state index contributed by atoms with van der Waals surface area (Å²) in [5.41, 5.74) is 5.00. The summed E-state index contributed by atoms with van der Waals surface area (Å²) in [5.74, 6) is -1.78. The van der Waals surface area contributed by atoms with Crippen molar-refractivity contribution < 1.29 is 18.7 Å². The van der Waals surface area contributed by atoms with Gasteiger partial charge in [0.15, 0.2) is 11.0 Å². The molecule has 1 atom stereocenters. The van der Waals surface area contributed by atoms with Crippen LogP contribution in [0.5, 0.6) is 0 Å². The summed E-state index contributed by atoms with van der Waals surface area (Å²) in [7, 11) is 0. The van der Waals surface area contributed by atoms with E-state index < -0.39 is 28.5 Å². The molecule has 1 aromatic carbocycles. The Morgan fingerprint density at radius 2 is 2.04 bits per heavy atom. The number of nitrogens with one attached hydrogen (secondary N) is 2. The van der Waals surface area contributed by atoms with E-state index >= 15 is 0 Å². The van der Waals surface area contributed by atoms with Crippen molar-refractivity contribution in [3.63, 3.8) is 0 Å². The molecule has 0 unspecified atom stereocenters. The monoisotopic (exact) mass is 380 g/mol. The molecule has 0 bridgehead atoms. The molecule has 2 rings (SSSR count). The first-order valence-corrected chi connectivity index (χ1v) is 8.49. The predicted molar refractivity (Wildman–Crippen MR) is 95.6 cm³/mol. The Hall–Kier alpha value is -2.88. The van der Waals surface area contributed by atoms with E-state index in [1.54, 1.807) is 13.8 Å². The molecule has 2 aromatic rings. The van der Waals surface area contributed by atoms with E-state index in [9.17, 15) is 18.8 Å². The van der Waals surface area contributed by atoms with Crippen molar-refractivity contribution in [2.75, 3.05) is 17.7 Å². The van der Waals surface area contributed by atoms with Crippen LogP contribution in [0.1, 0.15) is 24.2 Å². The van der Waals surface area contributed by atoms with Gasteiger partial charge in [-0.1, -0.05) is 11.8 Å². The fourth-order valence-electron chi connectivity index (χ4n) is 1.91. The van der Waals surface area contributed by atoms with Crippen LogP contribution in [0.25, 0.3) is 0 Å². The van der Waals surface area contributed by atoms with Gasteiger partial charge in [-0.3, -0.25) is 19.4 Å². The largest absolute Gasteiger partial charge is 0.465 e. The van der Waals surface area contributed by atoms with E-state index in [1.807, 2.05) is 0 Å². The number of ether oxygens (including phenoxy) is 1. The van der Waals surface area contributed by atoms with E-state index in [-0.39, 0.29) is 28.8 Å². The van der Waals surface area contributed by atoms with Crippen LogP contribution in [0.2, 0.25) is 0 Å². The lowest BCUT2D eigenvalue weighted by atomic mass is 10.2. The molecule has 0 saturated carbocycles. The Balaban J connectivity index is 2.16. The molecule has 0 aliphatic carbocycles. The number of hydrogen-bond donors (Lipinski definition) is 3. The number of thioether (sulfide) groups is 1. The molecule has 8 nitrogen and oxygen atoms in total. The van der Waals surface area contributed by atoms with Crippen molar-refractivity contribution in [2.45, 2.75) is 24.3 Å². The summed E-state index contributed by atoms with van der Waals surface area (Å²) in [5, 5.41) is 1.86. The average Bonchev–Trinajstić information content (AvgIpc) is 2.58. The van der Waals surface area contributed by atoms with Gasteiger partial charge in [0.2, 0.25) is 0 Å². The van der Waals surface area contributed by atoms with Crippen LogP contribution in [-0.4, -0.2) is 33.7 Å².